The smallest absolute Gasteiger partial charge is 0.335 e. The minimum atomic E-state index is -0.976. The second-order valence-electron chi connectivity index (χ2n) is 5.19. The van der Waals surface area contributed by atoms with Crippen LogP contribution in [-0.4, -0.2) is 21.0 Å². The van der Waals surface area contributed by atoms with Crippen molar-refractivity contribution in [3.8, 4) is 11.3 Å². The summed E-state index contributed by atoms with van der Waals surface area (Å²) in [4.78, 5) is 30.2. The molecule has 0 bridgehead atoms. The number of hydrogen-bond donors (Lipinski definition) is 2. The topological polar surface area (TPSA) is 83.0 Å². The van der Waals surface area contributed by atoms with E-state index in [4.69, 9.17) is 16.7 Å². The predicted molar refractivity (Wildman–Crippen MR) is 98.3 cm³/mol. The molecule has 5 nitrogen and oxygen atoms in total. The quantitative estimate of drug-likeness (QED) is 0.520. The number of benzene rings is 2. The van der Waals surface area contributed by atoms with Crippen LogP contribution in [0.1, 0.15) is 15.9 Å². The van der Waals surface area contributed by atoms with Crippen molar-refractivity contribution in [1.82, 2.24) is 9.97 Å². The van der Waals surface area contributed by atoms with E-state index in [1.54, 1.807) is 12.1 Å². The molecule has 0 aliphatic carbocycles. The Hall–Kier alpha value is -2.57. The van der Waals surface area contributed by atoms with Crippen LogP contribution in [0, 0.1) is 0 Å². The highest BCUT2D eigenvalue weighted by molar-refractivity contribution is 7.98. The van der Waals surface area contributed by atoms with Gasteiger partial charge in [-0.05, 0) is 17.7 Å². The van der Waals surface area contributed by atoms with Gasteiger partial charge in [-0.25, -0.2) is 9.78 Å². The Labute approximate surface area is 152 Å². The summed E-state index contributed by atoms with van der Waals surface area (Å²) in [5.74, 6) is -0.504. The number of carbonyl (C=O) groups is 1. The van der Waals surface area contributed by atoms with Crippen molar-refractivity contribution in [3.63, 3.8) is 0 Å². The van der Waals surface area contributed by atoms with E-state index in [1.807, 2.05) is 36.4 Å². The Kier molecular flexibility index (Phi) is 5.21. The van der Waals surface area contributed by atoms with Crippen LogP contribution in [-0.2, 0) is 5.75 Å². The van der Waals surface area contributed by atoms with Crippen LogP contribution in [0.4, 0.5) is 0 Å². The molecule has 0 amide bonds. The van der Waals surface area contributed by atoms with Crippen molar-refractivity contribution < 1.29 is 9.90 Å². The lowest BCUT2D eigenvalue weighted by molar-refractivity contribution is 0.0697. The van der Waals surface area contributed by atoms with Gasteiger partial charge in [0.1, 0.15) is 5.02 Å². The maximum atomic E-state index is 12.1. The highest BCUT2D eigenvalue weighted by Gasteiger charge is 2.12. The van der Waals surface area contributed by atoms with Crippen molar-refractivity contribution in [2.24, 2.45) is 0 Å². The molecule has 0 fully saturated rings. The first-order chi connectivity index (χ1) is 12.0. The molecular weight excluding hydrogens is 360 g/mol. The average molecular weight is 373 g/mol. The van der Waals surface area contributed by atoms with Crippen LogP contribution in [0.15, 0.2) is 64.5 Å². The normalized spacial score (nSPS) is 10.6. The monoisotopic (exact) mass is 372 g/mol. The van der Waals surface area contributed by atoms with Crippen molar-refractivity contribution in [3.05, 3.63) is 81.1 Å². The number of carboxylic acid groups (broad SMARTS) is 1. The van der Waals surface area contributed by atoms with Crippen LogP contribution in [0.5, 0.6) is 0 Å². The fourth-order valence-corrected chi connectivity index (χ4v) is 3.24. The molecule has 25 heavy (non-hydrogen) atoms. The third-order valence-corrected chi connectivity index (χ3v) is 4.73. The van der Waals surface area contributed by atoms with E-state index in [1.165, 1.54) is 17.8 Å². The van der Waals surface area contributed by atoms with E-state index in [9.17, 15) is 9.59 Å². The van der Waals surface area contributed by atoms with Crippen molar-refractivity contribution >= 4 is 29.3 Å². The summed E-state index contributed by atoms with van der Waals surface area (Å²) >= 11 is 7.40. The van der Waals surface area contributed by atoms with E-state index in [-0.39, 0.29) is 10.6 Å². The Balaban J connectivity index is 1.86. The number of rotatable bonds is 5. The van der Waals surface area contributed by atoms with Gasteiger partial charge in [-0.2, -0.15) is 0 Å². The van der Waals surface area contributed by atoms with Crippen LogP contribution in [0.2, 0.25) is 5.02 Å². The van der Waals surface area contributed by atoms with E-state index in [2.05, 4.69) is 9.97 Å². The van der Waals surface area contributed by atoms with Crippen LogP contribution < -0.4 is 5.56 Å². The number of aromatic amines is 1. The molecule has 0 aliphatic rings. The molecule has 0 saturated carbocycles. The van der Waals surface area contributed by atoms with Gasteiger partial charge < -0.3 is 10.1 Å². The lowest BCUT2D eigenvalue weighted by atomic mass is 10.1. The van der Waals surface area contributed by atoms with Crippen molar-refractivity contribution in [2.45, 2.75) is 10.9 Å². The lowest BCUT2D eigenvalue weighted by Gasteiger charge is -2.07. The molecule has 0 spiro atoms. The molecule has 0 unspecified atom stereocenters. The predicted octanol–water partition coefficient (Wildman–Crippen LogP) is 4.08. The largest absolute Gasteiger partial charge is 0.478 e. The Morgan fingerprint density at radius 3 is 2.64 bits per heavy atom. The van der Waals surface area contributed by atoms with E-state index in [0.717, 1.165) is 11.1 Å². The first-order valence-electron chi connectivity index (χ1n) is 7.35. The molecular formula is C18H13ClN2O3S. The highest BCUT2D eigenvalue weighted by atomic mass is 35.5. The third-order valence-electron chi connectivity index (χ3n) is 3.44. The van der Waals surface area contributed by atoms with Crippen LogP contribution in [0.3, 0.4) is 0 Å². The summed E-state index contributed by atoms with van der Waals surface area (Å²) in [5.41, 5.74) is 1.82. The standard InChI is InChI=1S/C18H13ClN2O3S/c19-14-15(12-6-2-1-3-7-12)20-18(21-16(14)22)25-10-11-5-4-8-13(9-11)17(23)24/h1-9H,10H2,(H,23,24)(H,20,21,22). The molecule has 0 atom stereocenters. The summed E-state index contributed by atoms with van der Waals surface area (Å²) in [7, 11) is 0. The number of carboxylic acids is 1. The molecule has 0 aliphatic heterocycles. The van der Waals surface area contributed by atoms with Gasteiger partial charge in [0.2, 0.25) is 0 Å². The zero-order valence-electron chi connectivity index (χ0n) is 12.9. The molecule has 2 N–H and O–H groups in total. The fourth-order valence-electron chi connectivity index (χ4n) is 2.24. The van der Waals surface area contributed by atoms with Gasteiger partial charge in [0.15, 0.2) is 5.16 Å². The van der Waals surface area contributed by atoms with Gasteiger partial charge >= 0.3 is 5.97 Å². The zero-order valence-corrected chi connectivity index (χ0v) is 14.5. The lowest BCUT2D eigenvalue weighted by Crippen LogP contribution is -2.11. The maximum Gasteiger partial charge on any atom is 0.335 e. The third kappa shape index (κ3) is 4.10. The van der Waals surface area contributed by atoms with E-state index in [0.29, 0.717) is 16.6 Å². The minimum Gasteiger partial charge on any atom is -0.478 e. The molecule has 1 heterocycles. The first kappa shape index (κ1) is 17.3. The Morgan fingerprint density at radius 2 is 1.92 bits per heavy atom. The average Bonchev–Trinajstić information content (AvgIpc) is 2.63. The Bertz CT molecular complexity index is 974. The molecule has 3 aromatic rings. The van der Waals surface area contributed by atoms with E-state index >= 15 is 0 Å². The van der Waals surface area contributed by atoms with Gasteiger partial charge in [0.05, 0.1) is 11.3 Å². The minimum absolute atomic E-state index is 0.0448. The van der Waals surface area contributed by atoms with Gasteiger partial charge in [0, 0.05) is 11.3 Å². The van der Waals surface area contributed by atoms with Crippen molar-refractivity contribution in [1.29, 1.82) is 0 Å². The highest BCUT2D eigenvalue weighted by Crippen LogP contribution is 2.26. The molecule has 0 saturated heterocycles. The number of nitrogens with one attached hydrogen (secondary N) is 1. The first-order valence-corrected chi connectivity index (χ1v) is 8.71. The second-order valence-corrected chi connectivity index (χ2v) is 6.54. The molecule has 7 heteroatoms. The molecule has 3 rings (SSSR count). The summed E-state index contributed by atoms with van der Waals surface area (Å²) in [5, 5.41) is 9.51. The van der Waals surface area contributed by atoms with E-state index < -0.39 is 11.5 Å². The molecule has 126 valence electrons. The zero-order chi connectivity index (χ0) is 17.8. The molecule has 2 aromatic carbocycles. The summed E-state index contributed by atoms with van der Waals surface area (Å²) in [6.07, 6.45) is 0. The Morgan fingerprint density at radius 1 is 1.16 bits per heavy atom. The van der Waals surface area contributed by atoms with Crippen molar-refractivity contribution in [2.75, 3.05) is 0 Å². The number of aromatic carboxylic acids is 1. The van der Waals surface area contributed by atoms with Gasteiger partial charge in [0.25, 0.3) is 5.56 Å². The summed E-state index contributed by atoms with van der Waals surface area (Å²) < 4.78 is 0. The van der Waals surface area contributed by atoms with Gasteiger partial charge in [-0.15, -0.1) is 0 Å². The van der Waals surface area contributed by atoms with Crippen LogP contribution >= 0.6 is 23.4 Å². The summed E-state index contributed by atoms with van der Waals surface area (Å²) in [6.45, 7) is 0. The van der Waals surface area contributed by atoms with Gasteiger partial charge in [-0.1, -0.05) is 65.8 Å². The number of H-pyrrole nitrogens is 1. The molecule has 1 aromatic heterocycles. The maximum absolute atomic E-state index is 12.1. The number of thioether (sulfide) groups is 1. The fraction of sp³-hybridized carbons (Fsp3) is 0.0556. The number of nitrogens with zero attached hydrogens (tertiary/aromatic N) is 1. The van der Waals surface area contributed by atoms with Gasteiger partial charge in [-0.3, -0.25) is 4.79 Å². The number of halogens is 1. The van der Waals surface area contributed by atoms with Crippen LogP contribution in [0.25, 0.3) is 11.3 Å². The number of hydrogen-bond acceptors (Lipinski definition) is 4. The second kappa shape index (κ2) is 7.55. The summed E-state index contributed by atoms with van der Waals surface area (Å²) in [6, 6.07) is 15.9. The molecule has 0 radical (unpaired) electrons. The SMILES string of the molecule is O=C(O)c1cccc(CSc2nc(-c3ccccc3)c(Cl)c(=O)[nH]2)c1. The number of aromatic nitrogens is 2.